The van der Waals surface area contributed by atoms with Gasteiger partial charge in [0.05, 0.1) is 6.04 Å². The van der Waals surface area contributed by atoms with E-state index in [4.69, 9.17) is 0 Å². The van der Waals surface area contributed by atoms with Crippen LogP contribution in [0.25, 0.3) is 0 Å². The summed E-state index contributed by atoms with van der Waals surface area (Å²) < 4.78 is 0. The van der Waals surface area contributed by atoms with Gasteiger partial charge in [-0.1, -0.05) is 0 Å². The Morgan fingerprint density at radius 1 is 1.56 bits per heavy atom. The van der Waals surface area contributed by atoms with Crippen molar-refractivity contribution in [3.8, 4) is 0 Å². The zero-order valence-corrected chi connectivity index (χ0v) is 11.2. The molecule has 1 N–H and O–H groups in total. The highest BCUT2D eigenvalue weighted by atomic mass is 32.1. The Labute approximate surface area is 102 Å². The number of hydrogen-bond acceptors (Lipinski definition) is 4. The number of nitrogens with zero attached hydrogens (tertiary/aromatic N) is 2. The van der Waals surface area contributed by atoms with Crippen LogP contribution in [0.1, 0.15) is 29.6 Å². The van der Waals surface area contributed by atoms with Crippen LogP contribution in [-0.4, -0.2) is 37.1 Å². The van der Waals surface area contributed by atoms with Gasteiger partial charge in [-0.2, -0.15) is 0 Å². The molecule has 3 nitrogen and oxygen atoms in total. The van der Waals surface area contributed by atoms with Crippen molar-refractivity contribution in [2.75, 3.05) is 27.2 Å². The molecule has 0 saturated heterocycles. The Morgan fingerprint density at radius 3 is 2.81 bits per heavy atom. The summed E-state index contributed by atoms with van der Waals surface area (Å²) >= 11 is 1.80. The Kier molecular flexibility index (Phi) is 3.95. The van der Waals surface area contributed by atoms with Crippen molar-refractivity contribution >= 4 is 11.3 Å². The first-order valence-corrected chi connectivity index (χ1v) is 6.85. The quantitative estimate of drug-likeness (QED) is 0.823. The fourth-order valence-electron chi connectivity index (χ4n) is 1.84. The molecule has 1 heterocycles. The van der Waals surface area contributed by atoms with Gasteiger partial charge in [-0.15, -0.1) is 11.3 Å². The summed E-state index contributed by atoms with van der Waals surface area (Å²) in [5, 5.41) is 7.08. The molecule has 0 radical (unpaired) electrons. The Bertz CT molecular complexity index is 331. The van der Waals surface area contributed by atoms with Gasteiger partial charge in [0, 0.05) is 24.2 Å². The molecule has 0 bridgehead atoms. The molecule has 1 aliphatic rings. The van der Waals surface area contributed by atoms with Crippen LogP contribution in [0.2, 0.25) is 0 Å². The van der Waals surface area contributed by atoms with E-state index in [9.17, 15) is 0 Å². The molecule has 0 spiro atoms. The van der Waals surface area contributed by atoms with Gasteiger partial charge in [0.15, 0.2) is 0 Å². The van der Waals surface area contributed by atoms with Crippen LogP contribution in [0.15, 0.2) is 5.38 Å². The molecule has 0 amide bonds. The van der Waals surface area contributed by atoms with E-state index in [2.05, 4.69) is 41.6 Å². The second-order valence-electron chi connectivity index (χ2n) is 4.90. The fourth-order valence-corrected chi connectivity index (χ4v) is 2.81. The lowest BCUT2D eigenvalue weighted by atomic mass is 10.2. The van der Waals surface area contributed by atoms with Gasteiger partial charge in [0.1, 0.15) is 5.01 Å². The number of thiazole rings is 1. The highest BCUT2D eigenvalue weighted by molar-refractivity contribution is 7.09. The fraction of sp³-hybridized carbons (Fsp3) is 0.750. The van der Waals surface area contributed by atoms with Crippen LogP contribution in [0.4, 0.5) is 0 Å². The van der Waals surface area contributed by atoms with Gasteiger partial charge in [-0.25, -0.2) is 4.98 Å². The first-order valence-electron chi connectivity index (χ1n) is 5.97. The summed E-state index contributed by atoms with van der Waals surface area (Å²) in [6.07, 6.45) is 2.72. The smallest absolute Gasteiger partial charge is 0.110 e. The maximum absolute atomic E-state index is 4.61. The SMILES string of the molecule is Cc1csc(C(NCCN(C)C)C2CC2)n1. The molecule has 16 heavy (non-hydrogen) atoms. The maximum Gasteiger partial charge on any atom is 0.110 e. The van der Waals surface area contributed by atoms with Gasteiger partial charge in [0.2, 0.25) is 0 Å². The molecule has 1 aromatic heterocycles. The van der Waals surface area contributed by atoms with Crippen LogP contribution < -0.4 is 5.32 Å². The third kappa shape index (κ3) is 3.27. The standard InChI is InChI=1S/C12H21N3S/c1-9-8-16-12(14-9)11(10-4-5-10)13-6-7-15(2)3/h8,10-11,13H,4-7H2,1-3H3. The van der Waals surface area contributed by atoms with Crippen molar-refractivity contribution in [2.45, 2.75) is 25.8 Å². The lowest BCUT2D eigenvalue weighted by molar-refractivity contribution is 0.374. The number of hydrogen-bond donors (Lipinski definition) is 1. The summed E-state index contributed by atoms with van der Waals surface area (Å²) in [5.74, 6) is 0.827. The molecule has 0 aliphatic heterocycles. The van der Waals surface area contributed by atoms with Crippen LogP contribution in [-0.2, 0) is 0 Å². The normalized spacial score (nSPS) is 18.0. The van der Waals surface area contributed by atoms with E-state index >= 15 is 0 Å². The van der Waals surface area contributed by atoms with Crippen LogP contribution in [0.5, 0.6) is 0 Å². The first kappa shape index (κ1) is 12.0. The zero-order chi connectivity index (χ0) is 11.5. The van der Waals surface area contributed by atoms with Crippen molar-refractivity contribution in [2.24, 2.45) is 5.92 Å². The van der Waals surface area contributed by atoms with Crippen molar-refractivity contribution in [1.29, 1.82) is 0 Å². The largest absolute Gasteiger partial charge is 0.308 e. The van der Waals surface area contributed by atoms with Crippen molar-refractivity contribution < 1.29 is 0 Å². The number of aromatic nitrogens is 1. The van der Waals surface area contributed by atoms with Crippen molar-refractivity contribution in [3.63, 3.8) is 0 Å². The monoisotopic (exact) mass is 239 g/mol. The number of nitrogens with one attached hydrogen (secondary N) is 1. The van der Waals surface area contributed by atoms with Gasteiger partial charge < -0.3 is 10.2 Å². The molecular formula is C12H21N3S. The van der Waals surface area contributed by atoms with E-state index < -0.39 is 0 Å². The molecule has 1 aromatic rings. The summed E-state index contributed by atoms with van der Waals surface area (Å²) in [4.78, 5) is 6.82. The van der Waals surface area contributed by atoms with E-state index in [0.29, 0.717) is 6.04 Å². The predicted molar refractivity (Wildman–Crippen MR) is 68.9 cm³/mol. The molecule has 1 aliphatic carbocycles. The average Bonchev–Trinajstić information content (AvgIpc) is 2.96. The summed E-state index contributed by atoms with van der Waals surface area (Å²) in [5.41, 5.74) is 1.15. The lowest BCUT2D eigenvalue weighted by Crippen LogP contribution is -2.30. The minimum atomic E-state index is 0.499. The minimum absolute atomic E-state index is 0.499. The van der Waals surface area contributed by atoms with Gasteiger partial charge in [0.25, 0.3) is 0 Å². The topological polar surface area (TPSA) is 28.2 Å². The predicted octanol–water partition coefficient (Wildman–Crippen LogP) is 2.05. The summed E-state index contributed by atoms with van der Waals surface area (Å²) in [6.45, 7) is 4.21. The highest BCUT2D eigenvalue weighted by Gasteiger charge is 2.33. The van der Waals surface area contributed by atoms with Gasteiger partial charge >= 0.3 is 0 Å². The van der Waals surface area contributed by atoms with E-state index in [1.54, 1.807) is 11.3 Å². The number of rotatable bonds is 6. The van der Waals surface area contributed by atoms with E-state index in [-0.39, 0.29) is 0 Å². The van der Waals surface area contributed by atoms with Crippen LogP contribution in [0, 0.1) is 12.8 Å². The summed E-state index contributed by atoms with van der Waals surface area (Å²) in [7, 11) is 4.22. The maximum atomic E-state index is 4.61. The number of aryl methyl sites for hydroxylation is 1. The summed E-state index contributed by atoms with van der Waals surface area (Å²) in [6, 6.07) is 0.499. The molecule has 1 unspecified atom stereocenters. The molecule has 2 rings (SSSR count). The zero-order valence-electron chi connectivity index (χ0n) is 10.4. The van der Waals surface area contributed by atoms with Crippen molar-refractivity contribution in [3.05, 3.63) is 16.1 Å². The first-order chi connectivity index (χ1) is 7.66. The minimum Gasteiger partial charge on any atom is -0.308 e. The third-order valence-corrected chi connectivity index (χ3v) is 3.97. The molecular weight excluding hydrogens is 218 g/mol. The second kappa shape index (κ2) is 5.25. The Hall–Kier alpha value is -0.450. The van der Waals surface area contributed by atoms with Gasteiger partial charge in [-0.3, -0.25) is 0 Å². The molecule has 1 saturated carbocycles. The average molecular weight is 239 g/mol. The molecule has 1 atom stereocenters. The molecule has 1 fully saturated rings. The Balaban J connectivity index is 1.90. The Morgan fingerprint density at radius 2 is 2.31 bits per heavy atom. The lowest BCUT2D eigenvalue weighted by Gasteiger charge is -2.17. The van der Waals surface area contributed by atoms with E-state index in [1.807, 2.05) is 0 Å². The van der Waals surface area contributed by atoms with Crippen LogP contribution >= 0.6 is 11.3 Å². The van der Waals surface area contributed by atoms with E-state index in [1.165, 1.54) is 17.8 Å². The van der Waals surface area contributed by atoms with E-state index in [0.717, 1.165) is 24.7 Å². The van der Waals surface area contributed by atoms with Crippen molar-refractivity contribution in [1.82, 2.24) is 15.2 Å². The van der Waals surface area contributed by atoms with Crippen LogP contribution in [0.3, 0.4) is 0 Å². The molecule has 4 heteroatoms. The second-order valence-corrected chi connectivity index (χ2v) is 5.79. The molecule has 0 aromatic carbocycles. The number of likely N-dealkylation sites (N-methyl/N-ethyl adjacent to an activating group) is 1. The highest BCUT2D eigenvalue weighted by Crippen LogP contribution is 2.41. The third-order valence-electron chi connectivity index (χ3n) is 2.92. The molecule has 90 valence electrons. The van der Waals surface area contributed by atoms with Gasteiger partial charge in [-0.05, 0) is 39.8 Å².